The van der Waals surface area contributed by atoms with E-state index in [1.54, 1.807) is 0 Å². The van der Waals surface area contributed by atoms with Gasteiger partial charge in [-0.1, -0.05) is 48.6 Å². The van der Waals surface area contributed by atoms with E-state index in [1.807, 2.05) is 42.5 Å². The molecule has 104 valence electrons. The lowest BCUT2D eigenvalue weighted by Gasteiger charge is -2.29. The number of benzene rings is 2. The Morgan fingerprint density at radius 3 is 2.57 bits per heavy atom. The molecule has 21 heavy (non-hydrogen) atoms. The SMILES string of the molecule is O=C(Oc1ccc2ccccc2c1)C1=C[C@H]2C=C[C@@H]1CC2. The summed E-state index contributed by atoms with van der Waals surface area (Å²) in [6.45, 7) is 0. The van der Waals surface area contributed by atoms with Crippen LogP contribution in [-0.2, 0) is 4.79 Å². The molecule has 0 saturated heterocycles. The number of esters is 1. The van der Waals surface area contributed by atoms with Crippen molar-refractivity contribution < 1.29 is 9.53 Å². The quantitative estimate of drug-likeness (QED) is 0.465. The third-order valence-corrected chi connectivity index (χ3v) is 4.36. The number of rotatable bonds is 2. The van der Waals surface area contributed by atoms with E-state index in [2.05, 4.69) is 18.2 Å². The van der Waals surface area contributed by atoms with Crippen molar-refractivity contribution in [1.29, 1.82) is 0 Å². The maximum absolute atomic E-state index is 12.4. The summed E-state index contributed by atoms with van der Waals surface area (Å²) in [4.78, 5) is 12.4. The lowest BCUT2D eigenvalue weighted by molar-refractivity contribution is -0.130. The van der Waals surface area contributed by atoms with Crippen molar-refractivity contribution in [1.82, 2.24) is 0 Å². The van der Waals surface area contributed by atoms with Crippen molar-refractivity contribution >= 4 is 16.7 Å². The van der Waals surface area contributed by atoms with Crippen molar-refractivity contribution in [3.63, 3.8) is 0 Å². The highest BCUT2D eigenvalue weighted by atomic mass is 16.5. The van der Waals surface area contributed by atoms with Crippen LogP contribution in [0.1, 0.15) is 12.8 Å². The second-order valence-electron chi connectivity index (χ2n) is 5.75. The summed E-state index contributed by atoms with van der Waals surface area (Å²) in [5.41, 5.74) is 0.821. The van der Waals surface area contributed by atoms with Gasteiger partial charge in [0.2, 0.25) is 0 Å². The molecular weight excluding hydrogens is 260 g/mol. The molecule has 0 heterocycles. The number of hydrogen-bond donors (Lipinski definition) is 0. The van der Waals surface area contributed by atoms with Gasteiger partial charge < -0.3 is 4.74 Å². The van der Waals surface area contributed by atoms with Gasteiger partial charge in [-0.25, -0.2) is 4.79 Å². The molecule has 0 saturated carbocycles. The first kappa shape index (κ1) is 12.4. The van der Waals surface area contributed by atoms with Crippen molar-refractivity contribution in [3.05, 3.63) is 66.3 Å². The number of fused-ring (bicyclic) bond motifs is 2. The lowest BCUT2D eigenvalue weighted by Crippen LogP contribution is -2.25. The normalized spacial score (nSPS) is 23.1. The van der Waals surface area contributed by atoms with Gasteiger partial charge in [0.05, 0.1) is 0 Å². The van der Waals surface area contributed by atoms with Crippen LogP contribution >= 0.6 is 0 Å². The first-order valence-corrected chi connectivity index (χ1v) is 7.40. The van der Waals surface area contributed by atoms with Gasteiger partial charge in [0.1, 0.15) is 5.75 Å². The van der Waals surface area contributed by atoms with Crippen LogP contribution in [0, 0.1) is 11.8 Å². The molecule has 0 unspecified atom stereocenters. The van der Waals surface area contributed by atoms with E-state index in [0.29, 0.717) is 11.7 Å². The van der Waals surface area contributed by atoms with E-state index in [9.17, 15) is 4.79 Å². The number of carbonyl (C=O) groups excluding carboxylic acids is 1. The smallest absolute Gasteiger partial charge is 0.339 e. The third-order valence-electron chi connectivity index (χ3n) is 4.36. The molecule has 2 heteroatoms. The zero-order valence-corrected chi connectivity index (χ0v) is 11.7. The molecule has 0 radical (unpaired) electrons. The fourth-order valence-electron chi connectivity index (χ4n) is 3.21. The van der Waals surface area contributed by atoms with Crippen LogP contribution in [0.2, 0.25) is 0 Å². The molecule has 5 rings (SSSR count). The largest absolute Gasteiger partial charge is 0.423 e. The molecule has 2 nitrogen and oxygen atoms in total. The Bertz CT molecular complexity index is 770. The number of hydrogen-bond acceptors (Lipinski definition) is 2. The zero-order chi connectivity index (χ0) is 14.2. The predicted octanol–water partition coefficient (Wildman–Crippen LogP) is 4.27. The van der Waals surface area contributed by atoms with E-state index in [0.717, 1.165) is 29.2 Å². The molecule has 3 aliphatic rings. The van der Waals surface area contributed by atoms with E-state index in [-0.39, 0.29) is 11.9 Å². The van der Waals surface area contributed by atoms with Gasteiger partial charge in [-0.3, -0.25) is 0 Å². The van der Waals surface area contributed by atoms with Crippen LogP contribution in [0.25, 0.3) is 10.8 Å². The first-order chi connectivity index (χ1) is 10.3. The Morgan fingerprint density at radius 2 is 1.86 bits per heavy atom. The van der Waals surface area contributed by atoms with Gasteiger partial charge >= 0.3 is 5.97 Å². The minimum absolute atomic E-state index is 0.204. The Labute approximate surface area is 123 Å². The van der Waals surface area contributed by atoms with Crippen LogP contribution in [0.3, 0.4) is 0 Å². The lowest BCUT2D eigenvalue weighted by atomic mass is 9.77. The Morgan fingerprint density at radius 1 is 1.00 bits per heavy atom. The van der Waals surface area contributed by atoms with Gasteiger partial charge in [0.15, 0.2) is 0 Å². The second-order valence-corrected chi connectivity index (χ2v) is 5.75. The van der Waals surface area contributed by atoms with Crippen molar-refractivity contribution in [2.45, 2.75) is 12.8 Å². The van der Waals surface area contributed by atoms with E-state index < -0.39 is 0 Å². The summed E-state index contributed by atoms with van der Waals surface area (Å²) in [5, 5.41) is 2.23. The minimum Gasteiger partial charge on any atom is -0.423 e. The molecule has 0 amide bonds. The third kappa shape index (κ3) is 2.27. The molecule has 2 bridgehead atoms. The molecule has 2 atom stereocenters. The standard InChI is InChI=1S/C19H16O2/c20-19(18-11-13-5-7-15(18)8-6-13)21-17-10-9-14-3-1-2-4-16(14)12-17/h1-5,7,9-13,15H,6,8H2/t13-,15+/m0/s1. The molecule has 2 aromatic rings. The van der Waals surface area contributed by atoms with Crippen LogP contribution in [0.5, 0.6) is 5.75 Å². The average molecular weight is 276 g/mol. The van der Waals surface area contributed by atoms with Gasteiger partial charge in [0.25, 0.3) is 0 Å². The molecule has 2 aromatic carbocycles. The highest BCUT2D eigenvalue weighted by Gasteiger charge is 2.29. The topological polar surface area (TPSA) is 26.3 Å². The predicted molar refractivity (Wildman–Crippen MR) is 83.0 cm³/mol. The zero-order valence-electron chi connectivity index (χ0n) is 11.7. The first-order valence-electron chi connectivity index (χ1n) is 7.40. The summed E-state index contributed by atoms with van der Waals surface area (Å²) in [6, 6.07) is 13.8. The summed E-state index contributed by atoms with van der Waals surface area (Å²) < 4.78 is 5.57. The monoisotopic (exact) mass is 276 g/mol. The molecule has 0 aromatic heterocycles. The second kappa shape index (κ2) is 4.88. The fourth-order valence-corrected chi connectivity index (χ4v) is 3.21. The molecule has 3 aliphatic carbocycles. The van der Waals surface area contributed by atoms with Gasteiger partial charge in [-0.2, -0.15) is 0 Å². The van der Waals surface area contributed by atoms with Gasteiger partial charge in [-0.15, -0.1) is 0 Å². The van der Waals surface area contributed by atoms with Crippen LogP contribution in [-0.4, -0.2) is 5.97 Å². The number of ether oxygens (including phenoxy) is 1. The molecule has 0 fully saturated rings. The highest BCUT2D eigenvalue weighted by Crippen LogP contribution is 2.36. The molecule has 0 aliphatic heterocycles. The summed E-state index contributed by atoms with van der Waals surface area (Å²) in [5.74, 6) is 1.06. The van der Waals surface area contributed by atoms with E-state index in [1.165, 1.54) is 0 Å². The van der Waals surface area contributed by atoms with Crippen molar-refractivity contribution in [2.24, 2.45) is 11.8 Å². The molecular formula is C19H16O2. The highest BCUT2D eigenvalue weighted by molar-refractivity contribution is 5.92. The van der Waals surface area contributed by atoms with Gasteiger partial charge in [0, 0.05) is 11.5 Å². The fraction of sp³-hybridized carbons (Fsp3) is 0.211. The van der Waals surface area contributed by atoms with Crippen LogP contribution in [0.15, 0.2) is 66.3 Å². The average Bonchev–Trinajstić information content (AvgIpc) is 2.56. The van der Waals surface area contributed by atoms with E-state index >= 15 is 0 Å². The summed E-state index contributed by atoms with van der Waals surface area (Å²) in [6.07, 6.45) is 8.61. The molecule has 0 spiro atoms. The van der Waals surface area contributed by atoms with Crippen molar-refractivity contribution in [3.8, 4) is 5.75 Å². The Balaban J connectivity index is 1.58. The Hall–Kier alpha value is -2.35. The van der Waals surface area contributed by atoms with Crippen molar-refractivity contribution in [2.75, 3.05) is 0 Å². The Kier molecular flexibility index (Phi) is 2.88. The van der Waals surface area contributed by atoms with Gasteiger partial charge in [-0.05, 0) is 41.7 Å². The number of allylic oxidation sites excluding steroid dienone is 3. The summed E-state index contributed by atoms with van der Waals surface area (Å²) >= 11 is 0. The molecule has 0 N–H and O–H groups in total. The van der Waals surface area contributed by atoms with E-state index in [4.69, 9.17) is 4.74 Å². The number of carbonyl (C=O) groups is 1. The van der Waals surface area contributed by atoms with Crippen LogP contribution < -0.4 is 4.74 Å². The maximum Gasteiger partial charge on any atom is 0.339 e. The minimum atomic E-state index is -0.204. The van der Waals surface area contributed by atoms with Crippen LogP contribution in [0.4, 0.5) is 0 Å². The summed E-state index contributed by atoms with van der Waals surface area (Å²) in [7, 11) is 0. The maximum atomic E-state index is 12.4.